The van der Waals surface area contributed by atoms with Crippen LogP contribution in [0, 0.1) is 23.1 Å². The van der Waals surface area contributed by atoms with Crippen molar-refractivity contribution in [1.29, 1.82) is 5.26 Å². The fraction of sp³-hybridized carbons (Fsp3) is 0.267. The second-order valence-corrected chi connectivity index (χ2v) is 10.8. The van der Waals surface area contributed by atoms with Crippen LogP contribution >= 0.6 is 23.2 Å². The summed E-state index contributed by atoms with van der Waals surface area (Å²) in [5, 5.41) is 20.6. The van der Waals surface area contributed by atoms with Gasteiger partial charge in [0.2, 0.25) is 5.91 Å². The number of benzene rings is 2. The Bertz CT molecular complexity index is 1600. The van der Waals surface area contributed by atoms with Gasteiger partial charge in [0, 0.05) is 61.5 Å². The maximum atomic E-state index is 13.7. The predicted molar refractivity (Wildman–Crippen MR) is 160 cm³/mol. The molecule has 3 N–H and O–H groups in total. The van der Waals surface area contributed by atoms with Crippen LogP contribution in [0.4, 0.5) is 21.5 Å². The minimum Gasteiger partial charge on any atom is -0.385 e. The molecule has 0 radical (unpaired) electrons. The molecule has 0 spiro atoms. The zero-order valence-corrected chi connectivity index (χ0v) is 23.6. The van der Waals surface area contributed by atoms with Gasteiger partial charge in [0.1, 0.15) is 11.9 Å². The molecule has 1 amide bonds. The summed E-state index contributed by atoms with van der Waals surface area (Å²) in [6.45, 7) is 2.93. The number of anilines is 3. The van der Waals surface area contributed by atoms with E-state index in [9.17, 15) is 14.4 Å². The summed E-state index contributed by atoms with van der Waals surface area (Å²) in [6.07, 6.45) is 6.90. The van der Waals surface area contributed by atoms with E-state index in [-0.39, 0.29) is 23.4 Å². The summed E-state index contributed by atoms with van der Waals surface area (Å²) in [6, 6.07) is 14.0. The number of nitrogens with zero attached hydrogens (tertiary/aromatic N) is 4. The van der Waals surface area contributed by atoms with Crippen LogP contribution < -0.4 is 16.0 Å². The van der Waals surface area contributed by atoms with E-state index in [0.717, 1.165) is 30.6 Å². The Hall–Kier alpha value is -3.97. The van der Waals surface area contributed by atoms with Crippen LogP contribution in [0.3, 0.4) is 0 Å². The SMILES string of the molecule is N#Cc1cnc2c(Cl)cc(NCC3CCCN(C(=O)CNCc4cccnc4)C3)cc2c1Nc1ccc(F)c(Cl)c1. The highest BCUT2D eigenvalue weighted by Gasteiger charge is 2.23. The monoisotopic (exact) mass is 591 g/mol. The predicted octanol–water partition coefficient (Wildman–Crippen LogP) is 6.13. The van der Waals surface area contributed by atoms with Gasteiger partial charge >= 0.3 is 0 Å². The number of carbonyl (C=O) groups excluding carboxylic acids is 1. The molecule has 41 heavy (non-hydrogen) atoms. The molecule has 3 heterocycles. The van der Waals surface area contributed by atoms with Crippen LogP contribution in [0.15, 0.2) is 61.1 Å². The summed E-state index contributed by atoms with van der Waals surface area (Å²) < 4.78 is 13.7. The van der Waals surface area contributed by atoms with Crippen molar-refractivity contribution in [1.82, 2.24) is 20.2 Å². The number of fused-ring (bicyclic) bond motifs is 1. The third kappa shape index (κ3) is 7.03. The second-order valence-electron chi connectivity index (χ2n) is 9.96. The fourth-order valence-electron chi connectivity index (χ4n) is 4.95. The number of rotatable bonds is 9. The molecule has 0 aliphatic carbocycles. The minimum absolute atomic E-state index is 0.0310. The first-order valence-electron chi connectivity index (χ1n) is 13.3. The number of likely N-dealkylation sites (tertiary alicyclic amines) is 1. The van der Waals surface area contributed by atoms with Gasteiger partial charge in [0.15, 0.2) is 0 Å². The molecule has 2 aromatic heterocycles. The molecule has 210 valence electrons. The van der Waals surface area contributed by atoms with Gasteiger partial charge in [0.05, 0.1) is 33.4 Å². The van der Waals surface area contributed by atoms with E-state index in [1.165, 1.54) is 18.3 Å². The van der Waals surface area contributed by atoms with Crippen LogP contribution in [0.5, 0.6) is 0 Å². The maximum absolute atomic E-state index is 13.7. The van der Waals surface area contributed by atoms with E-state index in [2.05, 4.69) is 32.0 Å². The van der Waals surface area contributed by atoms with Gasteiger partial charge in [-0.05, 0) is 60.7 Å². The van der Waals surface area contributed by atoms with E-state index in [1.807, 2.05) is 23.1 Å². The van der Waals surface area contributed by atoms with Crippen molar-refractivity contribution in [2.45, 2.75) is 19.4 Å². The van der Waals surface area contributed by atoms with Crippen molar-refractivity contribution in [3.05, 3.63) is 88.0 Å². The Labute approximate surface area is 247 Å². The van der Waals surface area contributed by atoms with Crippen molar-refractivity contribution < 1.29 is 9.18 Å². The molecule has 1 unspecified atom stereocenters. The molecular weight excluding hydrogens is 564 g/mol. The van der Waals surface area contributed by atoms with Gasteiger partial charge < -0.3 is 20.9 Å². The van der Waals surface area contributed by atoms with Crippen LogP contribution in [-0.4, -0.2) is 47.0 Å². The first kappa shape index (κ1) is 28.6. The van der Waals surface area contributed by atoms with Gasteiger partial charge in [-0.3, -0.25) is 14.8 Å². The fourth-order valence-corrected chi connectivity index (χ4v) is 5.40. The Morgan fingerprint density at radius 2 is 2.00 bits per heavy atom. The topological polar surface area (TPSA) is 106 Å². The zero-order valence-electron chi connectivity index (χ0n) is 22.1. The van der Waals surface area contributed by atoms with Crippen molar-refractivity contribution >= 4 is 57.1 Å². The standard InChI is InChI=1S/C30H28Cl2FN7O/c31-25-10-22(5-6-27(25)33)39-29-21(12-34)16-38-30-24(29)9-23(11-26(30)32)37-15-20-4-2-8-40(18-20)28(41)17-36-14-19-3-1-7-35-13-19/h1,3,5-7,9-11,13,16,20,36-37H,2,4,8,14-15,17-18H2,(H,38,39). The molecule has 1 aliphatic rings. The normalized spacial score (nSPS) is 15.0. The van der Waals surface area contributed by atoms with Gasteiger partial charge in [-0.1, -0.05) is 29.3 Å². The highest BCUT2D eigenvalue weighted by Crippen LogP contribution is 2.35. The number of halogens is 3. The number of nitriles is 1. The molecule has 2 aromatic carbocycles. The Morgan fingerprint density at radius 3 is 2.78 bits per heavy atom. The Balaban J connectivity index is 1.26. The van der Waals surface area contributed by atoms with Crippen LogP contribution in [0.25, 0.3) is 10.9 Å². The molecule has 5 rings (SSSR count). The average Bonchev–Trinajstić information content (AvgIpc) is 2.99. The zero-order chi connectivity index (χ0) is 28.8. The quantitative estimate of drug-likeness (QED) is 0.215. The molecule has 1 aliphatic heterocycles. The molecular formula is C30H28Cl2FN7O. The maximum Gasteiger partial charge on any atom is 0.236 e. The summed E-state index contributed by atoms with van der Waals surface area (Å²) >= 11 is 12.6. The average molecular weight is 593 g/mol. The van der Waals surface area contributed by atoms with Gasteiger partial charge in [-0.15, -0.1) is 0 Å². The molecule has 1 fully saturated rings. The third-order valence-electron chi connectivity index (χ3n) is 7.03. The molecule has 0 saturated carbocycles. The van der Waals surface area contributed by atoms with Crippen LogP contribution in [-0.2, 0) is 11.3 Å². The van der Waals surface area contributed by atoms with E-state index in [0.29, 0.717) is 52.5 Å². The molecule has 1 saturated heterocycles. The Morgan fingerprint density at radius 1 is 1.15 bits per heavy atom. The molecule has 11 heteroatoms. The number of piperidine rings is 1. The summed E-state index contributed by atoms with van der Waals surface area (Å²) in [5.74, 6) is -0.183. The number of hydrogen-bond acceptors (Lipinski definition) is 7. The highest BCUT2D eigenvalue weighted by molar-refractivity contribution is 6.36. The Kier molecular flexibility index (Phi) is 9.14. The number of aromatic nitrogens is 2. The van der Waals surface area contributed by atoms with Crippen molar-refractivity contribution in [2.75, 3.05) is 36.8 Å². The highest BCUT2D eigenvalue weighted by atomic mass is 35.5. The third-order valence-corrected chi connectivity index (χ3v) is 7.61. The summed E-state index contributed by atoms with van der Waals surface area (Å²) in [4.78, 5) is 23.2. The lowest BCUT2D eigenvalue weighted by molar-refractivity contribution is -0.131. The number of pyridine rings is 2. The van der Waals surface area contributed by atoms with E-state index in [1.54, 1.807) is 24.5 Å². The number of hydrogen-bond donors (Lipinski definition) is 3. The van der Waals surface area contributed by atoms with E-state index >= 15 is 0 Å². The molecule has 1 atom stereocenters. The minimum atomic E-state index is -0.532. The van der Waals surface area contributed by atoms with Crippen LogP contribution in [0.2, 0.25) is 10.0 Å². The van der Waals surface area contributed by atoms with Crippen molar-refractivity contribution in [3.8, 4) is 6.07 Å². The van der Waals surface area contributed by atoms with Crippen molar-refractivity contribution in [2.24, 2.45) is 5.92 Å². The molecule has 0 bridgehead atoms. The summed E-state index contributed by atoms with van der Waals surface area (Å²) in [7, 11) is 0. The van der Waals surface area contributed by atoms with Crippen molar-refractivity contribution in [3.63, 3.8) is 0 Å². The van der Waals surface area contributed by atoms with Gasteiger partial charge in [-0.25, -0.2) is 4.39 Å². The lowest BCUT2D eigenvalue weighted by Gasteiger charge is -2.33. The lowest BCUT2D eigenvalue weighted by atomic mass is 9.97. The first-order chi connectivity index (χ1) is 19.9. The number of nitrogens with one attached hydrogen (secondary N) is 3. The van der Waals surface area contributed by atoms with E-state index < -0.39 is 5.82 Å². The largest absolute Gasteiger partial charge is 0.385 e. The first-order valence-corrected chi connectivity index (χ1v) is 14.0. The van der Waals surface area contributed by atoms with E-state index in [4.69, 9.17) is 23.2 Å². The molecule has 4 aromatic rings. The number of carbonyl (C=O) groups is 1. The number of amides is 1. The van der Waals surface area contributed by atoms with Gasteiger partial charge in [-0.2, -0.15) is 5.26 Å². The summed E-state index contributed by atoms with van der Waals surface area (Å²) in [5.41, 5.74) is 3.66. The molecule has 8 nitrogen and oxygen atoms in total. The van der Waals surface area contributed by atoms with Crippen LogP contribution in [0.1, 0.15) is 24.0 Å². The van der Waals surface area contributed by atoms with Gasteiger partial charge in [0.25, 0.3) is 0 Å². The lowest BCUT2D eigenvalue weighted by Crippen LogP contribution is -2.45. The smallest absolute Gasteiger partial charge is 0.236 e. The second kappa shape index (κ2) is 13.1.